The fourth-order valence-corrected chi connectivity index (χ4v) is 1.39. The molecule has 0 aromatic rings. The average Bonchev–Trinajstić information content (AvgIpc) is 2.36. The van der Waals surface area contributed by atoms with Gasteiger partial charge >= 0.3 is 5.97 Å². The van der Waals surface area contributed by atoms with E-state index < -0.39 is 0 Å². The Kier molecular flexibility index (Phi) is 3.29. The zero-order chi connectivity index (χ0) is 8.97. The van der Waals surface area contributed by atoms with Crippen molar-refractivity contribution in [3.8, 4) is 0 Å². The van der Waals surface area contributed by atoms with Crippen LogP contribution in [0.15, 0.2) is 12.2 Å². The van der Waals surface area contributed by atoms with Gasteiger partial charge in [-0.15, -0.1) is 0 Å². The van der Waals surface area contributed by atoms with Gasteiger partial charge in [0.2, 0.25) is 0 Å². The lowest BCUT2D eigenvalue weighted by molar-refractivity contribution is -0.143. The molecule has 1 aliphatic carbocycles. The van der Waals surface area contributed by atoms with E-state index in [1.807, 2.05) is 19.1 Å². The molecular weight excluding hydrogens is 154 g/mol. The van der Waals surface area contributed by atoms with E-state index in [1.165, 1.54) is 0 Å². The minimum absolute atomic E-state index is 0.124. The molecule has 0 bridgehead atoms. The van der Waals surface area contributed by atoms with Crippen LogP contribution in [0.25, 0.3) is 0 Å². The summed E-state index contributed by atoms with van der Waals surface area (Å²) in [5, 5.41) is 0. The van der Waals surface area contributed by atoms with Crippen molar-refractivity contribution in [3.05, 3.63) is 12.2 Å². The number of carbonyl (C=O) groups is 1. The molecule has 0 unspecified atom stereocenters. The second-order valence-electron chi connectivity index (χ2n) is 3.05. The zero-order valence-electron chi connectivity index (χ0n) is 7.32. The van der Waals surface area contributed by atoms with Crippen molar-refractivity contribution in [2.45, 2.75) is 25.8 Å². The van der Waals surface area contributed by atoms with Crippen molar-refractivity contribution < 1.29 is 9.53 Å². The molecule has 0 aromatic carbocycles. The standard InChI is InChI=1S/C9H15NO2/c1-2-12-9(11)6-7-3-4-8(10)5-7/h3-4,7-8H,2,5-6,10H2,1H3/t7-,8+/m1/s1. The smallest absolute Gasteiger partial charge is 0.306 e. The second-order valence-corrected chi connectivity index (χ2v) is 3.05. The molecular formula is C9H15NO2. The first kappa shape index (κ1) is 9.26. The number of ether oxygens (including phenoxy) is 1. The molecule has 0 heterocycles. The summed E-state index contributed by atoms with van der Waals surface area (Å²) in [6, 6.07) is 0.129. The van der Waals surface area contributed by atoms with E-state index in [1.54, 1.807) is 0 Å². The maximum atomic E-state index is 11.0. The number of carbonyl (C=O) groups excluding carboxylic acids is 1. The molecule has 1 rings (SSSR count). The Bertz CT molecular complexity index is 189. The van der Waals surface area contributed by atoms with E-state index in [0.717, 1.165) is 6.42 Å². The zero-order valence-corrected chi connectivity index (χ0v) is 7.32. The molecule has 0 radical (unpaired) electrons. The van der Waals surface area contributed by atoms with Gasteiger partial charge in [-0.3, -0.25) is 4.79 Å². The quantitative estimate of drug-likeness (QED) is 0.503. The highest BCUT2D eigenvalue weighted by atomic mass is 16.5. The molecule has 0 saturated heterocycles. The van der Waals surface area contributed by atoms with Crippen LogP contribution >= 0.6 is 0 Å². The van der Waals surface area contributed by atoms with Gasteiger partial charge in [0.25, 0.3) is 0 Å². The van der Waals surface area contributed by atoms with Crippen LogP contribution in [0.2, 0.25) is 0 Å². The van der Waals surface area contributed by atoms with Crippen molar-refractivity contribution in [2.75, 3.05) is 6.61 Å². The fraction of sp³-hybridized carbons (Fsp3) is 0.667. The number of esters is 1. The Morgan fingerprint density at radius 2 is 2.42 bits per heavy atom. The number of allylic oxidation sites excluding steroid dienone is 1. The molecule has 0 amide bonds. The van der Waals surface area contributed by atoms with Gasteiger partial charge in [0.1, 0.15) is 0 Å². The third-order valence-corrected chi connectivity index (χ3v) is 1.94. The summed E-state index contributed by atoms with van der Waals surface area (Å²) in [6.07, 6.45) is 5.29. The SMILES string of the molecule is CCOC(=O)C[C@@H]1C=C[C@H](N)C1. The largest absolute Gasteiger partial charge is 0.466 e. The third-order valence-electron chi connectivity index (χ3n) is 1.94. The van der Waals surface area contributed by atoms with Gasteiger partial charge in [0, 0.05) is 6.04 Å². The van der Waals surface area contributed by atoms with Crippen LogP contribution in [-0.2, 0) is 9.53 Å². The Morgan fingerprint density at radius 3 is 2.92 bits per heavy atom. The van der Waals surface area contributed by atoms with Gasteiger partial charge in [0.05, 0.1) is 13.0 Å². The van der Waals surface area contributed by atoms with Crippen molar-refractivity contribution in [1.82, 2.24) is 0 Å². The van der Waals surface area contributed by atoms with Gasteiger partial charge in [0.15, 0.2) is 0 Å². The van der Waals surface area contributed by atoms with Crippen LogP contribution in [-0.4, -0.2) is 18.6 Å². The molecule has 2 atom stereocenters. The van der Waals surface area contributed by atoms with Crippen molar-refractivity contribution in [1.29, 1.82) is 0 Å². The molecule has 3 nitrogen and oxygen atoms in total. The van der Waals surface area contributed by atoms with Gasteiger partial charge in [-0.25, -0.2) is 0 Å². The highest BCUT2D eigenvalue weighted by Crippen LogP contribution is 2.19. The molecule has 0 spiro atoms. The summed E-state index contributed by atoms with van der Waals surface area (Å²) in [6.45, 7) is 2.27. The number of nitrogens with two attached hydrogens (primary N) is 1. The van der Waals surface area contributed by atoms with Crippen LogP contribution in [0.4, 0.5) is 0 Å². The van der Waals surface area contributed by atoms with Crippen molar-refractivity contribution in [2.24, 2.45) is 11.7 Å². The number of hydrogen-bond acceptors (Lipinski definition) is 3. The third kappa shape index (κ3) is 2.66. The molecule has 3 heteroatoms. The normalized spacial score (nSPS) is 27.5. The molecule has 12 heavy (non-hydrogen) atoms. The fourth-order valence-electron chi connectivity index (χ4n) is 1.39. The molecule has 1 aliphatic rings. The Labute approximate surface area is 72.6 Å². The van der Waals surface area contributed by atoms with Crippen LogP contribution in [0.3, 0.4) is 0 Å². The number of rotatable bonds is 3. The first-order valence-electron chi connectivity index (χ1n) is 4.32. The van der Waals surface area contributed by atoms with E-state index >= 15 is 0 Å². The lowest BCUT2D eigenvalue weighted by Gasteiger charge is -2.07. The summed E-state index contributed by atoms with van der Waals surface area (Å²) >= 11 is 0. The Balaban J connectivity index is 2.24. The maximum absolute atomic E-state index is 11.0. The van der Waals surface area contributed by atoms with E-state index in [2.05, 4.69) is 0 Å². The summed E-state index contributed by atoms with van der Waals surface area (Å²) in [4.78, 5) is 11.0. The van der Waals surface area contributed by atoms with E-state index in [4.69, 9.17) is 10.5 Å². The minimum atomic E-state index is -0.124. The van der Waals surface area contributed by atoms with Gasteiger partial charge in [-0.1, -0.05) is 12.2 Å². The molecule has 68 valence electrons. The topological polar surface area (TPSA) is 52.3 Å². The van der Waals surface area contributed by atoms with Crippen molar-refractivity contribution >= 4 is 5.97 Å². The first-order valence-corrected chi connectivity index (χ1v) is 4.32. The Hall–Kier alpha value is -0.830. The highest BCUT2D eigenvalue weighted by molar-refractivity contribution is 5.70. The van der Waals surface area contributed by atoms with Crippen molar-refractivity contribution in [3.63, 3.8) is 0 Å². The molecule has 2 N–H and O–H groups in total. The predicted octanol–water partition coefficient (Wildman–Crippen LogP) is 0.843. The first-order chi connectivity index (χ1) is 5.72. The monoisotopic (exact) mass is 169 g/mol. The van der Waals surface area contributed by atoms with Crippen LogP contribution in [0, 0.1) is 5.92 Å². The maximum Gasteiger partial charge on any atom is 0.306 e. The van der Waals surface area contributed by atoms with Gasteiger partial charge < -0.3 is 10.5 Å². The molecule has 0 fully saturated rings. The summed E-state index contributed by atoms with van der Waals surface area (Å²) in [5.74, 6) is 0.167. The lowest BCUT2D eigenvalue weighted by atomic mass is 10.0. The van der Waals surface area contributed by atoms with Gasteiger partial charge in [-0.2, -0.15) is 0 Å². The summed E-state index contributed by atoms with van der Waals surface area (Å²) in [7, 11) is 0. The minimum Gasteiger partial charge on any atom is -0.466 e. The van der Waals surface area contributed by atoms with Crippen LogP contribution < -0.4 is 5.73 Å². The van der Waals surface area contributed by atoms with Gasteiger partial charge in [-0.05, 0) is 19.3 Å². The van der Waals surface area contributed by atoms with E-state index in [9.17, 15) is 4.79 Å². The molecule has 0 saturated carbocycles. The van der Waals surface area contributed by atoms with E-state index in [0.29, 0.717) is 18.9 Å². The molecule has 0 aromatic heterocycles. The second kappa shape index (κ2) is 4.26. The number of hydrogen-bond donors (Lipinski definition) is 1. The van der Waals surface area contributed by atoms with E-state index in [-0.39, 0.29) is 12.0 Å². The highest BCUT2D eigenvalue weighted by Gasteiger charge is 2.18. The average molecular weight is 169 g/mol. The summed E-state index contributed by atoms with van der Waals surface area (Å²) < 4.78 is 4.83. The van der Waals surface area contributed by atoms with Crippen LogP contribution in [0.5, 0.6) is 0 Å². The Morgan fingerprint density at radius 1 is 1.67 bits per heavy atom. The van der Waals surface area contributed by atoms with Crippen LogP contribution in [0.1, 0.15) is 19.8 Å². The predicted molar refractivity (Wildman–Crippen MR) is 46.5 cm³/mol. The lowest BCUT2D eigenvalue weighted by Crippen LogP contribution is -2.16. The molecule has 0 aliphatic heterocycles. The summed E-state index contributed by atoms with van der Waals surface area (Å²) in [5.41, 5.74) is 5.64.